The van der Waals surface area contributed by atoms with Gasteiger partial charge >= 0.3 is 0 Å². The number of hydrogen-bond acceptors (Lipinski definition) is 14. The minimum Gasteiger partial charge on any atom is -0.384 e. The number of carbonyl (C=O) groups is 4. The van der Waals surface area contributed by atoms with Gasteiger partial charge in [0.15, 0.2) is 17.2 Å². The number of nitrogens with zero attached hydrogens (tertiary/aromatic N) is 6. The number of benzene rings is 6. The average molecular weight is 1440 g/mol. The number of pyridine rings is 3. The van der Waals surface area contributed by atoms with E-state index in [2.05, 4.69) is 20.3 Å². The smallest absolute Gasteiger partial charge is 0.257 e. The third-order valence-corrected chi connectivity index (χ3v) is 19.6. The number of ether oxygens (including phenoxy) is 4. The molecule has 0 radical (unpaired) electrons. The lowest BCUT2D eigenvalue weighted by Gasteiger charge is -2.38. The Labute approximate surface area is 597 Å². The number of carbonyl (C=O) groups excluding carboxylic acids is 4. The largest absolute Gasteiger partial charge is 0.384 e. The number of amides is 4. The molecule has 0 saturated carbocycles. The van der Waals surface area contributed by atoms with Crippen LogP contribution in [0.1, 0.15) is 126 Å². The second kappa shape index (κ2) is 28.4. The molecule has 18 nitrogen and oxygen atoms in total. The number of halogens is 6. The number of aromatic nitrogens is 3. The number of epoxide rings is 1. The number of hydrogen-bond donors (Lipinski definition) is 4. The first kappa shape index (κ1) is 71.4. The third-order valence-electron chi connectivity index (χ3n) is 18.2. The summed E-state index contributed by atoms with van der Waals surface area (Å²) < 4.78 is 24.0. The van der Waals surface area contributed by atoms with Gasteiger partial charge in [0.05, 0.1) is 70.5 Å². The summed E-state index contributed by atoms with van der Waals surface area (Å²) >= 11 is 36.4. The fourth-order valence-corrected chi connectivity index (χ4v) is 13.4. The predicted octanol–water partition coefficient (Wildman–Crippen LogP) is 13.4. The van der Waals surface area contributed by atoms with Crippen LogP contribution in [-0.4, -0.2) is 105 Å². The molecule has 4 aliphatic heterocycles. The molecular weight excluding hydrogens is 1370 g/mol. The first-order chi connectivity index (χ1) is 46.7. The monoisotopic (exact) mass is 1440 g/mol. The first-order valence-electron chi connectivity index (χ1n) is 30.9. The zero-order valence-corrected chi connectivity index (χ0v) is 58.8. The highest BCUT2D eigenvalue weighted by Gasteiger charge is 2.56. The Morgan fingerprint density at radius 1 is 0.500 bits per heavy atom. The van der Waals surface area contributed by atoms with Crippen LogP contribution < -0.4 is 11.1 Å². The average Bonchev–Trinajstić information content (AvgIpc) is 1.57. The standard InChI is InChI=1S/C26H25Cl2N3O4.C24H23Cl2N3O3.C24H20Cl2N2O3/c1-16(32)30-15-25(2,34)18-6-11-23-22(12-18)24(33)31(14-21-10-9-20(28)13-29-21)26(23,35-3)17-4-7-19(27)8-5-17;1-23(31,14-27)16-5-10-21-20(11-16)22(30)29(13-19-9-8-18(26)12-28-19)24(21,32-2)15-3-6-17(25)7-4-15;1-23(14-31-23)16-5-10-21-20(11-16)22(29)28(13-19-9-8-18(26)12-27-19)24(21,30-2)15-3-6-17(25)7-4-15/h4-13,34H,14-15H2,1-3H3,(H,30,32);3-12,31H,13-14,27H2,1-2H3;3-12H,13-14H2,1-2H3/t25?,26-;2*23?,24-/m111/s1. The molecule has 3 aromatic heterocycles. The van der Waals surface area contributed by atoms with Crippen molar-refractivity contribution in [2.24, 2.45) is 5.73 Å². The molecule has 506 valence electrons. The normalized spacial score (nSPS) is 20.9. The summed E-state index contributed by atoms with van der Waals surface area (Å²) in [6.45, 7) is 7.86. The molecule has 0 spiro atoms. The Morgan fingerprint density at radius 2 is 0.806 bits per heavy atom. The highest BCUT2D eigenvalue weighted by molar-refractivity contribution is 6.32. The van der Waals surface area contributed by atoms with Gasteiger partial charge in [0.2, 0.25) is 5.91 Å². The van der Waals surface area contributed by atoms with E-state index in [1.165, 1.54) is 19.3 Å². The molecule has 7 heterocycles. The van der Waals surface area contributed by atoms with Crippen molar-refractivity contribution in [2.45, 2.75) is 81.3 Å². The Hall–Kier alpha value is -7.89. The Balaban J connectivity index is 0.000000149. The second-order valence-electron chi connectivity index (χ2n) is 24.6. The van der Waals surface area contributed by atoms with Gasteiger partial charge in [-0.2, -0.15) is 0 Å². The van der Waals surface area contributed by atoms with Gasteiger partial charge in [-0.05, 0) is 128 Å². The van der Waals surface area contributed by atoms with Crippen LogP contribution in [-0.2, 0) is 77.4 Å². The van der Waals surface area contributed by atoms with Gasteiger partial charge in [-0.15, -0.1) is 0 Å². The molecule has 13 rings (SSSR count). The molecule has 24 heteroatoms. The molecular formula is C74H68Cl6N8O10. The Bertz CT molecular complexity index is 4480. The molecule has 9 aromatic rings. The quantitative estimate of drug-likeness (QED) is 0.0585. The van der Waals surface area contributed by atoms with Crippen LogP contribution in [0.3, 0.4) is 0 Å². The molecule has 1 saturated heterocycles. The summed E-state index contributed by atoms with van der Waals surface area (Å²) in [5, 5.41) is 27.6. The summed E-state index contributed by atoms with van der Waals surface area (Å²) in [6, 6.07) is 48.5. The van der Waals surface area contributed by atoms with E-state index in [9.17, 15) is 29.4 Å². The number of nitrogens with two attached hydrogens (primary N) is 1. The minimum absolute atomic E-state index is 0.000322. The van der Waals surface area contributed by atoms with Gasteiger partial charge in [-0.3, -0.25) is 48.8 Å². The molecule has 4 amide bonds. The maximum Gasteiger partial charge on any atom is 0.257 e. The molecule has 0 bridgehead atoms. The van der Waals surface area contributed by atoms with Crippen molar-refractivity contribution in [3.05, 3.63) is 296 Å². The topological polar surface area (TPSA) is 235 Å². The highest BCUT2D eigenvalue weighted by Crippen LogP contribution is 2.51. The van der Waals surface area contributed by atoms with Crippen LogP contribution in [0.15, 0.2) is 182 Å². The van der Waals surface area contributed by atoms with E-state index in [0.29, 0.717) is 98.3 Å². The van der Waals surface area contributed by atoms with Gasteiger partial charge < -0.3 is 40.2 Å². The summed E-state index contributed by atoms with van der Waals surface area (Å²) in [4.78, 5) is 70.7. The summed E-state index contributed by atoms with van der Waals surface area (Å²) in [6.07, 6.45) is 4.64. The SMILES string of the molecule is CO[C@]1(c2ccc(Cl)cc2)c2ccc(C(C)(O)CN)cc2C(=O)N1Cc1ccc(Cl)cn1.CO[C@]1(c2ccc(Cl)cc2)c2ccc(C(C)(O)CNC(C)=O)cc2C(=O)N1Cc1ccc(Cl)cn1.CO[C@]1(c2ccc(Cl)cc2)c2ccc(C3(C)CO3)cc2C(=O)N1Cc1ccc(Cl)cn1. The molecule has 6 aromatic carbocycles. The van der Waals surface area contributed by atoms with E-state index in [-0.39, 0.29) is 62.0 Å². The number of aliphatic hydroxyl groups is 2. The number of rotatable bonds is 18. The zero-order valence-electron chi connectivity index (χ0n) is 54.3. The van der Waals surface area contributed by atoms with E-state index in [1.807, 2.05) is 67.6 Å². The van der Waals surface area contributed by atoms with Crippen LogP contribution in [0.4, 0.5) is 0 Å². The van der Waals surface area contributed by atoms with Gasteiger partial charge in [0.25, 0.3) is 17.7 Å². The van der Waals surface area contributed by atoms with E-state index >= 15 is 0 Å². The lowest BCUT2D eigenvalue weighted by atomic mass is 9.88. The fourth-order valence-electron chi connectivity index (χ4n) is 12.7. The van der Waals surface area contributed by atoms with Gasteiger partial charge in [-0.1, -0.05) is 142 Å². The third kappa shape index (κ3) is 13.6. The van der Waals surface area contributed by atoms with E-state index in [1.54, 1.807) is 159 Å². The number of nitrogens with one attached hydrogen (secondary N) is 1. The molecule has 3 unspecified atom stereocenters. The molecule has 4 aliphatic rings. The summed E-state index contributed by atoms with van der Waals surface area (Å²) in [5.74, 6) is -0.922. The van der Waals surface area contributed by atoms with Gasteiger partial charge in [-0.25, -0.2) is 0 Å². The van der Waals surface area contributed by atoms with Crippen LogP contribution in [0, 0.1) is 0 Å². The fraction of sp³-hybridized carbons (Fsp3) is 0.257. The molecule has 5 N–H and O–H groups in total. The highest BCUT2D eigenvalue weighted by atomic mass is 35.5. The lowest BCUT2D eigenvalue weighted by molar-refractivity contribution is -0.120. The summed E-state index contributed by atoms with van der Waals surface area (Å²) in [5.41, 5.74) is 8.95. The number of methoxy groups -OCH3 is 3. The van der Waals surface area contributed by atoms with Crippen molar-refractivity contribution >= 4 is 93.2 Å². The molecule has 98 heavy (non-hydrogen) atoms. The second-order valence-corrected chi connectivity index (χ2v) is 27.2. The van der Waals surface area contributed by atoms with Crippen molar-refractivity contribution in [3.63, 3.8) is 0 Å². The number of fused-ring (bicyclic) bond motifs is 3. The Morgan fingerprint density at radius 3 is 1.10 bits per heavy atom. The molecule has 1 fully saturated rings. The zero-order chi connectivity index (χ0) is 70.3. The maximum absolute atomic E-state index is 13.8. The summed E-state index contributed by atoms with van der Waals surface area (Å²) in [7, 11) is 4.71. The predicted molar refractivity (Wildman–Crippen MR) is 375 cm³/mol. The minimum atomic E-state index is -1.39. The molecule has 0 aliphatic carbocycles. The van der Waals surface area contributed by atoms with Crippen LogP contribution >= 0.6 is 69.6 Å². The Kier molecular flexibility index (Phi) is 20.7. The van der Waals surface area contributed by atoms with Crippen molar-refractivity contribution in [1.82, 2.24) is 35.0 Å². The van der Waals surface area contributed by atoms with Crippen molar-refractivity contribution in [3.8, 4) is 0 Å². The van der Waals surface area contributed by atoms with E-state index in [4.69, 9.17) is 94.3 Å². The van der Waals surface area contributed by atoms with Crippen molar-refractivity contribution in [2.75, 3.05) is 41.0 Å². The van der Waals surface area contributed by atoms with Gasteiger partial charge in [0.1, 0.15) is 11.2 Å². The first-order valence-corrected chi connectivity index (χ1v) is 33.1. The maximum atomic E-state index is 13.8. The molecule has 6 atom stereocenters. The van der Waals surface area contributed by atoms with Crippen LogP contribution in [0.25, 0.3) is 0 Å². The van der Waals surface area contributed by atoms with Crippen LogP contribution in [0.2, 0.25) is 30.1 Å². The van der Waals surface area contributed by atoms with E-state index < -0.39 is 28.4 Å². The van der Waals surface area contributed by atoms with E-state index in [0.717, 1.165) is 22.3 Å². The van der Waals surface area contributed by atoms with Crippen molar-refractivity contribution in [1.29, 1.82) is 0 Å². The van der Waals surface area contributed by atoms with Crippen molar-refractivity contribution < 1.29 is 48.3 Å². The van der Waals surface area contributed by atoms with Crippen LogP contribution in [0.5, 0.6) is 0 Å². The van der Waals surface area contributed by atoms with Gasteiger partial charge in [0, 0.05) is 119 Å². The lowest BCUT2D eigenvalue weighted by Crippen LogP contribution is -2.45.